The molecule has 0 radical (unpaired) electrons. The average Bonchev–Trinajstić information content (AvgIpc) is 2.89. The van der Waals surface area contributed by atoms with Crippen LogP contribution in [0.4, 0.5) is 0 Å². The van der Waals surface area contributed by atoms with E-state index in [1.807, 2.05) is 54.7 Å². The zero-order valence-electron chi connectivity index (χ0n) is 19.8. The van der Waals surface area contributed by atoms with Crippen LogP contribution in [0.5, 0.6) is 0 Å². The van der Waals surface area contributed by atoms with Gasteiger partial charge in [0.1, 0.15) is 5.82 Å². The minimum Gasteiger partial charge on any atom is -0.379 e. The van der Waals surface area contributed by atoms with Gasteiger partial charge in [0.25, 0.3) is 5.56 Å². The summed E-state index contributed by atoms with van der Waals surface area (Å²) in [6.07, 6.45) is 2.90. The summed E-state index contributed by atoms with van der Waals surface area (Å²) in [4.78, 5) is 25.6. The average molecular weight is 455 g/mol. The van der Waals surface area contributed by atoms with Crippen LogP contribution in [0.1, 0.15) is 37.4 Å². The number of benzene rings is 2. The van der Waals surface area contributed by atoms with E-state index in [9.17, 15) is 4.79 Å². The van der Waals surface area contributed by atoms with Gasteiger partial charge in [-0.1, -0.05) is 38.1 Å². The summed E-state index contributed by atoms with van der Waals surface area (Å²) in [7, 11) is 0. The van der Waals surface area contributed by atoms with E-state index in [0.29, 0.717) is 22.6 Å². The van der Waals surface area contributed by atoms with Crippen LogP contribution in [-0.4, -0.2) is 45.7 Å². The van der Waals surface area contributed by atoms with Crippen molar-refractivity contribution in [1.82, 2.24) is 19.4 Å². The van der Waals surface area contributed by atoms with Gasteiger partial charge >= 0.3 is 0 Å². The minimum absolute atomic E-state index is 0.0747. The highest BCUT2D eigenvalue weighted by Gasteiger charge is 2.16. The molecule has 1 atom stereocenters. The molecule has 0 saturated carbocycles. The smallest absolute Gasteiger partial charge is 0.266 e. The van der Waals surface area contributed by atoms with Crippen molar-refractivity contribution < 1.29 is 4.74 Å². The fraction of sp³-hybridized carbons (Fsp3) is 0.321. The van der Waals surface area contributed by atoms with Crippen LogP contribution in [0.3, 0.4) is 0 Å². The molecule has 2 aromatic heterocycles. The number of hydrogen-bond acceptors (Lipinski definition) is 5. The molecule has 6 heteroatoms. The largest absolute Gasteiger partial charge is 0.379 e. The summed E-state index contributed by atoms with van der Waals surface area (Å²) >= 11 is 0. The molecule has 1 unspecified atom stereocenters. The van der Waals surface area contributed by atoms with E-state index in [1.165, 1.54) is 5.56 Å². The number of nitrogens with zero attached hydrogens (tertiary/aromatic N) is 4. The maximum atomic E-state index is 13.6. The Bertz CT molecular complexity index is 1320. The Kier molecular flexibility index (Phi) is 6.52. The Labute approximate surface area is 199 Å². The molecule has 1 aliphatic heterocycles. The molecule has 0 aliphatic carbocycles. The maximum absolute atomic E-state index is 13.6. The second-order valence-electron chi connectivity index (χ2n) is 8.92. The fourth-order valence-corrected chi connectivity index (χ4v) is 4.39. The van der Waals surface area contributed by atoms with E-state index >= 15 is 0 Å². The van der Waals surface area contributed by atoms with Gasteiger partial charge in [-0.05, 0) is 54.3 Å². The van der Waals surface area contributed by atoms with Gasteiger partial charge < -0.3 is 4.74 Å². The van der Waals surface area contributed by atoms with E-state index in [1.54, 1.807) is 4.57 Å². The molecule has 5 rings (SSSR count). The Morgan fingerprint density at radius 3 is 2.47 bits per heavy atom. The summed E-state index contributed by atoms with van der Waals surface area (Å²) in [5.74, 6) is 1.08. The van der Waals surface area contributed by atoms with Crippen LogP contribution < -0.4 is 5.56 Å². The topological polar surface area (TPSA) is 60.2 Å². The van der Waals surface area contributed by atoms with Crippen LogP contribution in [0.25, 0.3) is 28.0 Å². The Hall–Kier alpha value is -3.35. The molecule has 2 aromatic carbocycles. The first kappa shape index (κ1) is 22.4. The Balaban J connectivity index is 1.57. The SMILES string of the molecule is CCC(C)c1ccc(-n2c(-c3ccc(CN4CCOCC4)nc3)nc3ccccc3c2=O)cc1. The number of morpholine rings is 1. The summed E-state index contributed by atoms with van der Waals surface area (Å²) in [5.41, 5.74) is 4.51. The summed E-state index contributed by atoms with van der Waals surface area (Å²) in [6, 6.07) is 19.8. The first-order valence-electron chi connectivity index (χ1n) is 12.0. The highest BCUT2D eigenvalue weighted by Crippen LogP contribution is 2.24. The number of hydrogen-bond donors (Lipinski definition) is 0. The van der Waals surface area contributed by atoms with E-state index < -0.39 is 0 Å². The number of ether oxygens (including phenoxy) is 1. The molecular formula is C28H30N4O2. The molecule has 0 spiro atoms. The van der Waals surface area contributed by atoms with Crippen molar-refractivity contribution in [3.63, 3.8) is 0 Å². The van der Waals surface area contributed by atoms with E-state index in [2.05, 4.69) is 30.9 Å². The molecule has 3 heterocycles. The molecule has 0 N–H and O–H groups in total. The van der Waals surface area contributed by atoms with E-state index in [4.69, 9.17) is 14.7 Å². The van der Waals surface area contributed by atoms with Crippen molar-refractivity contribution >= 4 is 10.9 Å². The third kappa shape index (κ3) is 4.52. The van der Waals surface area contributed by atoms with Crippen LogP contribution in [0.15, 0.2) is 71.7 Å². The number of pyridine rings is 1. The molecular weight excluding hydrogens is 424 g/mol. The van der Waals surface area contributed by atoms with Gasteiger partial charge in [0, 0.05) is 31.4 Å². The van der Waals surface area contributed by atoms with Gasteiger partial charge in [-0.15, -0.1) is 0 Å². The van der Waals surface area contributed by atoms with Crippen molar-refractivity contribution in [3.05, 3.63) is 88.5 Å². The molecule has 0 amide bonds. The quantitative estimate of drug-likeness (QED) is 0.419. The van der Waals surface area contributed by atoms with Crippen LogP contribution in [0.2, 0.25) is 0 Å². The molecule has 1 saturated heterocycles. The lowest BCUT2D eigenvalue weighted by Crippen LogP contribution is -2.35. The minimum atomic E-state index is -0.0747. The lowest BCUT2D eigenvalue weighted by Gasteiger charge is -2.26. The van der Waals surface area contributed by atoms with Crippen LogP contribution in [-0.2, 0) is 11.3 Å². The zero-order chi connectivity index (χ0) is 23.5. The number of rotatable bonds is 6. The summed E-state index contributed by atoms with van der Waals surface area (Å²) in [5, 5.41) is 0.606. The normalized spacial score (nSPS) is 15.5. The number of para-hydroxylation sites is 1. The third-order valence-corrected chi connectivity index (χ3v) is 6.68. The lowest BCUT2D eigenvalue weighted by molar-refractivity contribution is 0.0336. The van der Waals surface area contributed by atoms with Crippen molar-refractivity contribution in [2.45, 2.75) is 32.7 Å². The van der Waals surface area contributed by atoms with Gasteiger partial charge in [0.05, 0.1) is 35.5 Å². The van der Waals surface area contributed by atoms with E-state index in [0.717, 1.165) is 56.2 Å². The molecule has 4 aromatic rings. The lowest BCUT2D eigenvalue weighted by atomic mass is 9.98. The summed E-state index contributed by atoms with van der Waals surface area (Å²) in [6.45, 7) is 8.56. The Morgan fingerprint density at radius 2 is 1.76 bits per heavy atom. The zero-order valence-corrected chi connectivity index (χ0v) is 19.8. The Morgan fingerprint density at radius 1 is 1.00 bits per heavy atom. The molecule has 174 valence electrons. The first-order valence-corrected chi connectivity index (χ1v) is 12.0. The second kappa shape index (κ2) is 9.87. The van der Waals surface area contributed by atoms with Crippen LogP contribution >= 0.6 is 0 Å². The highest BCUT2D eigenvalue weighted by molar-refractivity contribution is 5.80. The van der Waals surface area contributed by atoms with E-state index in [-0.39, 0.29) is 5.56 Å². The maximum Gasteiger partial charge on any atom is 0.266 e. The van der Waals surface area contributed by atoms with Gasteiger partial charge in [-0.3, -0.25) is 19.2 Å². The van der Waals surface area contributed by atoms with Crippen LogP contribution in [0, 0.1) is 0 Å². The van der Waals surface area contributed by atoms with Gasteiger partial charge in [0.15, 0.2) is 0 Å². The van der Waals surface area contributed by atoms with Crippen molar-refractivity contribution in [1.29, 1.82) is 0 Å². The summed E-state index contributed by atoms with van der Waals surface area (Å²) < 4.78 is 7.15. The van der Waals surface area contributed by atoms with Gasteiger partial charge in [0.2, 0.25) is 0 Å². The molecule has 1 fully saturated rings. The first-order chi connectivity index (χ1) is 16.6. The second-order valence-corrected chi connectivity index (χ2v) is 8.92. The predicted molar refractivity (Wildman–Crippen MR) is 135 cm³/mol. The van der Waals surface area contributed by atoms with Crippen molar-refractivity contribution in [3.8, 4) is 17.1 Å². The number of aromatic nitrogens is 3. The molecule has 1 aliphatic rings. The van der Waals surface area contributed by atoms with Crippen molar-refractivity contribution in [2.24, 2.45) is 0 Å². The molecule has 0 bridgehead atoms. The third-order valence-electron chi connectivity index (χ3n) is 6.68. The predicted octanol–water partition coefficient (Wildman–Crippen LogP) is 4.79. The fourth-order valence-electron chi connectivity index (χ4n) is 4.39. The van der Waals surface area contributed by atoms with Crippen molar-refractivity contribution in [2.75, 3.05) is 26.3 Å². The molecule has 6 nitrogen and oxygen atoms in total. The highest BCUT2D eigenvalue weighted by atomic mass is 16.5. The van der Waals surface area contributed by atoms with Gasteiger partial charge in [-0.25, -0.2) is 4.98 Å². The monoisotopic (exact) mass is 454 g/mol. The standard InChI is InChI=1S/C28H30N4O2/c1-3-20(2)21-9-12-24(13-10-21)32-27(30-26-7-5-4-6-25(26)28(32)33)22-8-11-23(29-18-22)19-31-14-16-34-17-15-31/h4-13,18,20H,3,14-17,19H2,1-2H3. The van der Waals surface area contributed by atoms with Gasteiger partial charge in [-0.2, -0.15) is 0 Å². The molecule has 34 heavy (non-hydrogen) atoms. The number of fused-ring (bicyclic) bond motifs is 1.